The Morgan fingerprint density at radius 1 is 1.29 bits per heavy atom. The van der Waals surface area contributed by atoms with E-state index in [0.717, 1.165) is 11.8 Å². The largest absolute Gasteiger partial charge is 0.490 e. The van der Waals surface area contributed by atoms with Gasteiger partial charge in [0.15, 0.2) is 11.6 Å². The maximum atomic E-state index is 13.8. The number of rotatable bonds is 6. The van der Waals surface area contributed by atoms with Crippen molar-refractivity contribution >= 4 is 17.4 Å². The first-order chi connectivity index (χ1) is 13.4. The summed E-state index contributed by atoms with van der Waals surface area (Å²) in [6.07, 6.45) is 0. The monoisotopic (exact) mass is 384 g/mol. The lowest BCUT2D eigenvalue weighted by molar-refractivity contribution is -0.385. The normalized spacial score (nSPS) is 10.5. The van der Waals surface area contributed by atoms with E-state index in [2.05, 4.69) is 10.4 Å². The molecule has 0 unspecified atom stereocenters. The van der Waals surface area contributed by atoms with Crippen molar-refractivity contribution in [2.75, 3.05) is 12.4 Å². The highest BCUT2D eigenvalue weighted by molar-refractivity contribution is 6.04. The molecule has 1 heterocycles. The zero-order valence-electron chi connectivity index (χ0n) is 15.2. The molecule has 2 aromatic carbocycles. The number of hydrogen-bond donors (Lipinski definition) is 1. The molecule has 1 amide bonds. The Morgan fingerprint density at radius 2 is 2.04 bits per heavy atom. The van der Waals surface area contributed by atoms with Gasteiger partial charge in [-0.2, -0.15) is 5.10 Å². The molecule has 8 nitrogen and oxygen atoms in total. The number of halogens is 1. The molecule has 1 aromatic heterocycles. The molecule has 0 saturated carbocycles. The number of carbonyl (C=O) groups is 1. The maximum Gasteiger partial charge on any atom is 0.311 e. The highest BCUT2D eigenvalue weighted by Crippen LogP contribution is 2.27. The molecular weight excluding hydrogens is 367 g/mol. The van der Waals surface area contributed by atoms with Crippen LogP contribution in [0.2, 0.25) is 0 Å². The van der Waals surface area contributed by atoms with E-state index in [4.69, 9.17) is 4.74 Å². The van der Waals surface area contributed by atoms with Crippen LogP contribution in [-0.4, -0.2) is 27.7 Å². The quantitative estimate of drug-likeness (QED) is 0.518. The first kappa shape index (κ1) is 19.0. The van der Waals surface area contributed by atoms with Gasteiger partial charge in [-0.15, -0.1) is 0 Å². The molecule has 0 atom stereocenters. The van der Waals surface area contributed by atoms with Gasteiger partial charge in [0, 0.05) is 29.0 Å². The number of anilines is 1. The van der Waals surface area contributed by atoms with Crippen LogP contribution < -0.4 is 10.1 Å². The van der Waals surface area contributed by atoms with E-state index < -0.39 is 10.8 Å². The van der Waals surface area contributed by atoms with Gasteiger partial charge in [-0.3, -0.25) is 19.6 Å². The summed E-state index contributed by atoms with van der Waals surface area (Å²) in [6, 6.07) is 11.9. The summed E-state index contributed by atoms with van der Waals surface area (Å²) in [7, 11) is 1.31. The summed E-state index contributed by atoms with van der Waals surface area (Å²) in [5, 5.41) is 18.0. The van der Waals surface area contributed by atoms with Gasteiger partial charge in [-0.25, -0.2) is 4.39 Å². The van der Waals surface area contributed by atoms with E-state index in [1.807, 2.05) is 0 Å². The fourth-order valence-corrected chi connectivity index (χ4v) is 2.68. The summed E-state index contributed by atoms with van der Waals surface area (Å²) in [6.45, 7) is 1.99. The lowest BCUT2D eigenvalue weighted by Crippen LogP contribution is -2.13. The molecule has 144 valence electrons. The second-order valence-electron chi connectivity index (χ2n) is 6.02. The van der Waals surface area contributed by atoms with Crippen molar-refractivity contribution in [3.05, 3.63) is 81.3 Å². The molecule has 0 spiro atoms. The zero-order valence-corrected chi connectivity index (χ0v) is 15.2. The molecule has 9 heteroatoms. The number of aryl methyl sites for hydroxylation is 1. The van der Waals surface area contributed by atoms with Gasteiger partial charge in [0.25, 0.3) is 5.91 Å². The zero-order chi connectivity index (χ0) is 20.3. The average Bonchev–Trinajstić information content (AvgIpc) is 3.01. The number of nitro groups is 1. The van der Waals surface area contributed by atoms with Crippen molar-refractivity contribution in [2.45, 2.75) is 13.5 Å². The van der Waals surface area contributed by atoms with E-state index in [1.165, 1.54) is 25.3 Å². The minimum absolute atomic E-state index is 0.0616. The number of ether oxygens (including phenoxy) is 1. The number of methoxy groups -OCH3 is 1. The second kappa shape index (κ2) is 7.87. The van der Waals surface area contributed by atoms with Gasteiger partial charge in [0.05, 0.1) is 18.6 Å². The summed E-state index contributed by atoms with van der Waals surface area (Å²) in [5.41, 5.74) is 0.974. The third-order valence-corrected chi connectivity index (χ3v) is 4.14. The van der Waals surface area contributed by atoms with Crippen LogP contribution in [0.15, 0.2) is 48.5 Å². The number of benzene rings is 2. The highest BCUT2D eigenvalue weighted by Gasteiger charge is 2.19. The second-order valence-corrected chi connectivity index (χ2v) is 6.02. The van der Waals surface area contributed by atoms with Gasteiger partial charge >= 0.3 is 5.69 Å². The van der Waals surface area contributed by atoms with Crippen molar-refractivity contribution in [1.29, 1.82) is 0 Å². The van der Waals surface area contributed by atoms with Crippen LogP contribution in [0.3, 0.4) is 0 Å². The summed E-state index contributed by atoms with van der Waals surface area (Å²) < 4.78 is 20.3. The van der Waals surface area contributed by atoms with E-state index in [9.17, 15) is 19.3 Å². The lowest BCUT2D eigenvalue weighted by Gasteiger charge is -2.06. The first-order valence-corrected chi connectivity index (χ1v) is 8.30. The third-order valence-electron chi connectivity index (χ3n) is 4.14. The number of aromatic nitrogens is 2. The minimum atomic E-state index is -0.622. The molecular formula is C19H17FN4O4. The molecule has 0 bridgehead atoms. The standard InChI is InChI=1S/C19H17FN4O4/c1-12-9-18(22-23(12)11-14-5-3-4-6-15(14)20)21-19(25)13-7-8-17(28-2)16(10-13)24(26)27/h3-10H,11H2,1-2H3,(H,21,22,25). The molecule has 0 saturated heterocycles. The Labute approximate surface area is 159 Å². The average molecular weight is 384 g/mol. The molecule has 0 aliphatic heterocycles. The van der Waals surface area contributed by atoms with Crippen molar-refractivity contribution in [3.63, 3.8) is 0 Å². The fraction of sp³-hybridized carbons (Fsp3) is 0.158. The van der Waals surface area contributed by atoms with Gasteiger partial charge in [-0.1, -0.05) is 18.2 Å². The Bertz CT molecular complexity index is 1050. The predicted molar refractivity (Wildman–Crippen MR) is 100 cm³/mol. The predicted octanol–water partition coefficient (Wildman–Crippen LogP) is 3.55. The fourth-order valence-electron chi connectivity index (χ4n) is 2.68. The number of hydrogen-bond acceptors (Lipinski definition) is 5. The Hall–Kier alpha value is -3.75. The molecule has 0 aliphatic carbocycles. The van der Waals surface area contributed by atoms with Crippen molar-refractivity contribution in [2.24, 2.45) is 0 Å². The van der Waals surface area contributed by atoms with Crippen LogP contribution in [0.5, 0.6) is 5.75 Å². The SMILES string of the molecule is COc1ccc(C(=O)Nc2cc(C)n(Cc3ccccc3F)n2)cc1[N+](=O)[O-]. The Balaban J connectivity index is 1.79. The van der Waals surface area contributed by atoms with E-state index in [1.54, 1.807) is 35.9 Å². The third kappa shape index (κ3) is 3.98. The van der Waals surface area contributed by atoms with Crippen LogP contribution in [0.25, 0.3) is 0 Å². The molecule has 0 aliphatic rings. The van der Waals surface area contributed by atoms with Gasteiger partial charge < -0.3 is 10.1 Å². The first-order valence-electron chi connectivity index (χ1n) is 8.30. The highest BCUT2D eigenvalue weighted by atomic mass is 19.1. The summed E-state index contributed by atoms with van der Waals surface area (Å²) in [5.74, 6) is -0.571. The number of nitrogens with zero attached hydrogens (tertiary/aromatic N) is 3. The summed E-state index contributed by atoms with van der Waals surface area (Å²) in [4.78, 5) is 22.9. The molecule has 0 fully saturated rings. The van der Waals surface area contributed by atoms with Crippen molar-refractivity contribution in [3.8, 4) is 5.75 Å². The Kier molecular flexibility index (Phi) is 5.35. The van der Waals surface area contributed by atoms with Gasteiger partial charge in [0.2, 0.25) is 0 Å². The van der Waals surface area contributed by atoms with Crippen LogP contribution in [0, 0.1) is 22.9 Å². The lowest BCUT2D eigenvalue weighted by atomic mass is 10.1. The van der Waals surface area contributed by atoms with E-state index in [0.29, 0.717) is 5.56 Å². The van der Waals surface area contributed by atoms with Gasteiger partial charge in [0.1, 0.15) is 5.82 Å². The number of nitro benzene ring substituents is 1. The topological polar surface area (TPSA) is 99.3 Å². The Morgan fingerprint density at radius 3 is 2.71 bits per heavy atom. The van der Waals surface area contributed by atoms with E-state index in [-0.39, 0.29) is 35.2 Å². The van der Waals surface area contributed by atoms with E-state index >= 15 is 0 Å². The minimum Gasteiger partial charge on any atom is -0.490 e. The van der Waals surface area contributed by atoms with Crippen LogP contribution in [-0.2, 0) is 6.54 Å². The van der Waals surface area contributed by atoms with Crippen LogP contribution in [0.1, 0.15) is 21.6 Å². The maximum absolute atomic E-state index is 13.8. The smallest absolute Gasteiger partial charge is 0.311 e. The van der Waals surface area contributed by atoms with Crippen LogP contribution >= 0.6 is 0 Å². The molecule has 3 rings (SSSR count). The molecule has 3 aromatic rings. The van der Waals surface area contributed by atoms with Crippen molar-refractivity contribution < 1.29 is 18.8 Å². The van der Waals surface area contributed by atoms with Crippen LogP contribution in [0.4, 0.5) is 15.9 Å². The number of amides is 1. The molecule has 1 N–H and O–H groups in total. The number of nitrogens with one attached hydrogen (secondary N) is 1. The van der Waals surface area contributed by atoms with Gasteiger partial charge in [-0.05, 0) is 25.1 Å². The van der Waals surface area contributed by atoms with Crippen molar-refractivity contribution in [1.82, 2.24) is 9.78 Å². The molecule has 0 radical (unpaired) electrons. The number of carbonyl (C=O) groups excluding carboxylic acids is 1. The molecule has 28 heavy (non-hydrogen) atoms. The summed E-state index contributed by atoms with van der Waals surface area (Å²) >= 11 is 0.